The van der Waals surface area contributed by atoms with Crippen LogP contribution < -0.4 is 0 Å². The Morgan fingerprint density at radius 2 is 2.25 bits per heavy atom. The summed E-state index contributed by atoms with van der Waals surface area (Å²) in [5.74, 6) is 0. The molecule has 1 unspecified atom stereocenters. The van der Waals surface area contributed by atoms with Crippen molar-refractivity contribution in [3.63, 3.8) is 0 Å². The van der Waals surface area contributed by atoms with Crippen LogP contribution in [-0.4, -0.2) is 12.7 Å². The van der Waals surface area contributed by atoms with E-state index in [0.29, 0.717) is 6.10 Å². The highest BCUT2D eigenvalue weighted by molar-refractivity contribution is 5.30. The normalized spacial score (nSPS) is 23.3. The number of ether oxygens (including phenoxy) is 1. The third kappa shape index (κ3) is 1.98. The maximum atomic E-state index is 5.58. The molecule has 0 aromatic carbocycles. The Balaban J connectivity index is 2.53. The monoisotopic (exact) mass is 166 g/mol. The van der Waals surface area contributed by atoms with E-state index in [1.807, 2.05) is 6.08 Å². The molecule has 0 aliphatic heterocycles. The Labute approximate surface area is 75.1 Å². The van der Waals surface area contributed by atoms with Gasteiger partial charge in [-0.05, 0) is 31.8 Å². The Morgan fingerprint density at radius 1 is 1.50 bits per heavy atom. The lowest BCUT2D eigenvalue weighted by molar-refractivity contribution is 0.0705. The summed E-state index contributed by atoms with van der Waals surface area (Å²) < 4.78 is 5.58. The molecule has 12 heavy (non-hydrogen) atoms. The van der Waals surface area contributed by atoms with E-state index in [2.05, 4.69) is 20.4 Å². The van der Waals surface area contributed by atoms with Gasteiger partial charge in [-0.25, -0.2) is 0 Å². The van der Waals surface area contributed by atoms with Gasteiger partial charge < -0.3 is 4.74 Å². The molecule has 0 radical (unpaired) electrons. The van der Waals surface area contributed by atoms with Gasteiger partial charge in [-0.15, -0.1) is 0 Å². The van der Waals surface area contributed by atoms with Gasteiger partial charge >= 0.3 is 0 Å². The molecule has 0 amide bonds. The van der Waals surface area contributed by atoms with Crippen LogP contribution in [0, 0.1) is 0 Å². The molecule has 0 spiro atoms. The third-order valence-corrected chi connectivity index (χ3v) is 2.45. The van der Waals surface area contributed by atoms with E-state index in [0.717, 1.165) is 25.9 Å². The molecule has 0 N–H and O–H groups in total. The van der Waals surface area contributed by atoms with Crippen molar-refractivity contribution in [2.75, 3.05) is 6.61 Å². The van der Waals surface area contributed by atoms with Crippen molar-refractivity contribution in [2.45, 2.75) is 39.2 Å². The Hall–Kier alpha value is -0.560. The molecule has 68 valence electrons. The van der Waals surface area contributed by atoms with E-state index in [1.165, 1.54) is 11.1 Å². The van der Waals surface area contributed by atoms with Gasteiger partial charge in [-0.2, -0.15) is 0 Å². The number of hydrogen-bond donors (Lipinski definition) is 0. The van der Waals surface area contributed by atoms with Crippen molar-refractivity contribution in [2.24, 2.45) is 0 Å². The molecule has 1 heteroatoms. The quantitative estimate of drug-likeness (QED) is 0.623. The average Bonchev–Trinajstić information content (AvgIpc) is 2.48. The lowest BCUT2D eigenvalue weighted by Gasteiger charge is -2.08. The van der Waals surface area contributed by atoms with Gasteiger partial charge in [-0.1, -0.05) is 25.2 Å². The van der Waals surface area contributed by atoms with E-state index < -0.39 is 0 Å². The molecule has 1 atom stereocenters. The van der Waals surface area contributed by atoms with Crippen molar-refractivity contribution in [3.8, 4) is 0 Å². The van der Waals surface area contributed by atoms with Crippen molar-refractivity contribution < 1.29 is 4.74 Å². The molecule has 0 fully saturated rings. The zero-order valence-corrected chi connectivity index (χ0v) is 8.10. The first-order chi connectivity index (χ1) is 5.81. The molecular weight excluding hydrogens is 148 g/mol. The molecule has 1 aliphatic carbocycles. The first kappa shape index (κ1) is 9.53. The van der Waals surface area contributed by atoms with Crippen molar-refractivity contribution in [1.82, 2.24) is 0 Å². The summed E-state index contributed by atoms with van der Waals surface area (Å²) in [7, 11) is 0. The molecule has 0 aromatic rings. The summed E-state index contributed by atoms with van der Waals surface area (Å²) in [6, 6.07) is 0. The fourth-order valence-electron chi connectivity index (χ4n) is 1.82. The highest BCUT2D eigenvalue weighted by Crippen LogP contribution is 2.30. The summed E-state index contributed by atoms with van der Waals surface area (Å²) in [5, 5.41) is 0. The first-order valence-electron chi connectivity index (χ1n) is 4.76. The van der Waals surface area contributed by atoms with Gasteiger partial charge in [0, 0.05) is 6.61 Å². The minimum atomic E-state index is 0.429. The molecule has 1 rings (SSSR count). The van der Waals surface area contributed by atoms with E-state index >= 15 is 0 Å². The summed E-state index contributed by atoms with van der Waals surface area (Å²) in [5.41, 5.74) is 2.94. The smallest absolute Gasteiger partial charge is 0.0652 e. The standard InChI is InChI=1S/C11H18O/c1-4-9-7-11(12-6-3)8-10(9)5-2/h4,11H,1,5-8H2,2-3H3. The Kier molecular flexibility index (Phi) is 3.54. The van der Waals surface area contributed by atoms with E-state index in [-0.39, 0.29) is 0 Å². The van der Waals surface area contributed by atoms with Gasteiger partial charge in [0.25, 0.3) is 0 Å². The average molecular weight is 166 g/mol. The fraction of sp³-hybridized carbons (Fsp3) is 0.636. The zero-order chi connectivity index (χ0) is 8.97. The zero-order valence-electron chi connectivity index (χ0n) is 8.10. The van der Waals surface area contributed by atoms with Gasteiger partial charge in [0.2, 0.25) is 0 Å². The molecule has 0 heterocycles. The van der Waals surface area contributed by atoms with Crippen LogP contribution in [0.15, 0.2) is 23.8 Å². The van der Waals surface area contributed by atoms with Crippen LogP contribution in [0.5, 0.6) is 0 Å². The Morgan fingerprint density at radius 3 is 2.67 bits per heavy atom. The minimum Gasteiger partial charge on any atom is -0.378 e. The van der Waals surface area contributed by atoms with Crippen molar-refractivity contribution >= 4 is 0 Å². The largest absolute Gasteiger partial charge is 0.378 e. The van der Waals surface area contributed by atoms with Gasteiger partial charge in [-0.3, -0.25) is 0 Å². The highest BCUT2D eigenvalue weighted by atomic mass is 16.5. The summed E-state index contributed by atoms with van der Waals surface area (Å²) >= 11 is 0. The van der Waals surface area contributed by atoms with Crippen LogP contribution >= 0.6 is 0 Å². The second kappa shape index (κ2) is 4.46. The lowest BCUT2D eigenvalue weighted by atomic mass is 10.1. The lowest BCUT2D eigenvalue weighted by Crippen LogP contribution is -2.08. The van der Waals surface area contributed by atoms with Crippen LogP contribution in [-0.2, 0) is 4.74 Å². The van der Waals surface area contributed by atoms with E-state index in [9.17, 15) is 0 Å². The highest BCUT2D eigenvalue weighted by Gasteiger charge is 2.20. The first-order valence-corrected chi connectivity index (χ1v) is 4.76. The Bertz CT molecular complexity index is 191. The predicted molar refractivity (Wildman–Crippen MR) is 52.2 cm³/mol. The predicted octanol–water partition coefficient (Wildman–Crippen LogP) is 3.08. The van der Waals surface area contributed by atoms with Crippen LogP contribution in [0.1, 0.15) is 33.1 Å². The van der Waals surface area contributed by atoms with Gasteiger partial charge in [0.1, 0.15) is 0 Å². The third-order valence-electron chi connectivity index (χ3n) is 2.45. The molecule has 0 aromatic heterocycles. The number of rotatable bonds is 4. The summed E-state index contributed by atoms with van der Waals surface area (Å²) in [4.78, 5) is 0. The molecule has 1 aliphatic rings. The fourth-order valence-corrected chi connectivity index (χ4v) is 1.82. The molecule has 0 saturated carbocycles. The second-order valence-electron chi connectivity index (χ2n) is 3.17. The van der Waals surface area contributed by atoms with Crippen LogP contribution in [0.4, 0.5) is 0 Å². The summed E-state index contributed by atoms with van der Waals surface area (Å²) in [6.07, 6.45) is 5.74. The topological polar surface area (TPSA) is 9.23 Å². The number of allylic oxidation sites excluding steroid dienone is 1. The maximum Gasteiger partial charge on any atom is 0.0652 e. The molecular formula is C11H18O. The maximum absolute atomic E-state index is 5.58. The second-order valence-corrected chi connectivity index (χ2v) is 3.17. The minimum absolute atomic E-state index is 0.429. The van der Waals surface area contributed by atoms with Crippen LogP contribution in [0.25, 0.3) is 0 Å². The molecule has 1 nitrogen and oxygen atoms in total. The van der Waals surface area contributed by atoms with Crippen LogP contribution in [0.3, 0.4) is 0 Å². The van der Waals surface area contributed by atoms with Crippen LogP contribution in [0.2, 0.25) is 0 Å². The summed E-state index contributed by atoms with van der Waals surface area (Å²) in [6.45, 7) is 8.90. The molecule has 0 bridgehead atoms. The van der Waals surface area contributed by atoms with Gasteiger partial charge in [0.15, 0.2) is 0 Å². The van der Waals surface area contributed by atoms with Crippen molar-refractivity contribution in [1.29, 1.82) is 0 Å². The SMILES string of the molecule is C=CC1=C(CC)CC(OCC)C1. The van der Waals surface area contributed by atoms with E-state index in [1.54, 1.807) is 0 Å². The van der Waals surface area contributed by atoms with E-state index in [4.69, 9.17) is 4.74 Å². The molecule has 0 saturated heterocycles. The van der Waals surface area contributed by atoms with Crippen molar-refractivity contribution in [3.05, 3.63) is 23.8 Å². The van der Waals surface area contributed by atoms with Gasteiger partial charge in [0.05, 0.1) is 6.10 Å². The number of hydrogen-bond acceptors (Lipinski definition) is 1.